The van der Waals surface area contributed by atoms with E-state index in [4.69, 9.17) is 14.2 Å². The minimum Gasteiger partial charge on any atom is -0.493 e. The Morgan fingerprint density at radius 3 is 2.64 bits per heavy atom. The highest BCUT2D eigenvalue weighted by Crippen LogP contribution is 2.46. The fourth-order valence-corrected chi connectivity index (χ4v) is 4.21. The van der Waals surface area contributed by atoms with Crippen molar-refractivity contribution in [2.75, 3.05) is 26.1 Å². The molecule has 0 saturated heterocycles. The summed E-state index contributed by atoms with van der Waals surface area (Å²) in [5.74, 6) is 1.16. The molecule has 1 saturated carbocycles. The number of carbonyl (C=O) groups is 2. The Morgan fingerprint density at radius 2 is 2.00 bits per heavy atom. The molecule has 0 radical (unpaired) electrons. The molecule has 0 unspecified atom stereocenters. The van der Waals surface area contributed by atoms with Gasteiger partial charge in [-0.3, -0.25) is 4.79 Å². The van der Waals surface area contributed by atoms with Gasteiger partial charge in [-0.2, -0.15) is 0 Å². The number of para-hydroxylation sites is 1. The van der Waals surface area contributed by atoms with Gasteiger partial charge in [0.25, 0.3) is 0 Å². The molecule has 1 aromatic carbocycles. The molecule has 1 fully saturated rings. The number of anilines is 1. The van der Waals surface area contributed by atoms with E-state index in [1.54, 1.807) is 21.1 Å². The van der Waals surface area contributed by atoms with Gasteiger partial charge in [-0.15, -0.1) is 11.3 Å². The van der Waals surface area contributed by atoms with Gasteiger partial charge in [0, 0.05) is 6.42 Å². The van der Waals surface area contributed by atoms with Crippen molar-refractivity contribution in [2.24, 2.45) is 0 Å². The third-order valence-corrected chi connectivity index (χ3v) is 5.59. The van der Waals surface area contributed by atoms with Crippen LogP contribution in [-0.4, -0.2) is 32.7 Å². The number of carbonyl (C=O) groups excluding carboxylic acids is 2. The highest BCUT2D eigenvalue weighted by molar-refractivity contribution is 7.15. The molecule has 1 N–H and O–H groups in total. The zero-order valence-corrected chi connectivity index (χ0v) is 17.2. The zero-order valence-electron chi connectivity index (χ0n) is 16.4. The fraction of sp³-hybridized carbons (Fsp3) is 0.429. The van der Waals surface area contributed by atoms with E-state index in [1.807, 2.05) is 23.6 Å². The quantitative estimate of drug-likeness (QED) is 0.629. The number of aryl methyl sites for hydroxylation is 1. The lowest BCUT2D eigenvalue weighted by molar-refractivity contribution is -0.116. The zero-order chi connectivity index (χ0) is 20.1. The average molecular weight is 404 g/mol. The van der Waals surface area contributed by atoms with Crippen LogP contribution >= 0.6 is 11.3 Å². The number of hydrogen-bond acceptors (Lipinski definition) is 6. The molecule has 150 valence electrons. The van der Waals surface area contributed by atoms with Gasteiger partial charge < -0.3 is 19.5 Å². The Labute approximate surface area is 168 Å². The molecule has 1 heterocycles. The van der Waals surface area contributed by atoms with Crippen LogP contribution in [0.15, 0.2) is 23.6 Å². The first-order valence-corrected chi connectivity index (χ1v) is 10.2. The molecule has 28 heavy (non-hydrogen) atoms. The van der Waals surface area contributed by atoms with Crippen molar-refractivity contribution >= 4 is 28.2 Å². The van der Waals surface area contributed by atoms with Crippen molar-refractivity contribution in [1.29, 1.82) is 0 Å². The molecule has 1 amide bonds. The number of thiophene rings is 1. The molecular formula is C21H25NO5S. The second kappa shape index (κ2) is 9.10. The minimum atomic E-state index is -0.365. The summed E-state index contributed by atoms with van der Waals surface area (Å²) in [6.45, 7) is 2.09. The molecule has 3 rings (SSSR count). The van der Waals surface area contributed by atoms with E-state index >= 15 is 0 Å². The Balaban J connectivity index is 1.70. The van der Waals surface area contributed by atoms with Crippen molar-refractivity contribution < 1.29 is 23.8 Å². The molecule has 7 heteroatoms. The Morgan fingerprint density at radius 1 is 1.21 bits per heavy atom. The van der Waals surface area contributed by atoms with Gasteiger partial charge in [0.15, 0.2) is 11.5 Å². The SMILES string of the molecule is CCOC(=O)c1c(C2CC2)csc1NC(=O)CCc1cccc(OC)c1OC. The second-order valence-electron chi connectivity index (χ2n) is 6.59. The molecule has 6 nitrogen and oxygen atoms in total. The smallest absolute Gasteiger partial charge is 0.341 e. The van der Waals surface area contributed by atoms with Crippen LogP contribution in [0.2, 0.25) is 0 Å². The van der Waals surface area contributed by atoms with Crippen molar-refractivity contribution in [3.05, 3.63) is 40.3 Å². The molecule has 0 bridgehead atoms. The predicted octanol–water partition coefficient (Wildman–Crippen LogP) is 4.39. The number of nitrogens with one attached hydrogen (secondary N) is 1. The van der Waals surface area contributed by atoms with Gasteiger partial charge in [0.05, 0.1) is 26.4 Å². The second-order valence-corrected chi connectivity index (χ2v) is 7.47. The molecular weight excluding hydrogens is 378 g/mol. The molecule has 2 aromatic rings. The number of methoxy groups -OCH3 is 2. The van der Waals surface area contributed by atoms with E-state index in [1.165, 1.54) is 11.3 Å². The number of benzene rings is 1. The summed E-state index contributed by atoms with van der Waals surface area (Å²) in [5.41, 5.74) is 2.40. The van der Waals surface area contributed by atoms with Crippen LogP contribution in [0, 0.1) is 0 Å². The van der Waals surface area contributed by atoms with E-state index in [9.17, 15) is 9.59 Å². The summed E-state index contributed by atoms with van der Waals surface area (Å²) < 4.78 is 15.9. The van der Waals surface area contributed by atoms with Gasteiger partial charge in [-0.25, -0.2) is 4.79 Å². The summed E-state index contributed by atoms with van der Waals surface area (Å²) in [4.78, 5) is 24.9. The van der Waals surface area contributed by atoms with E-state index in [0.29, 0.717) is 41.0 Å². The number of rotatable bonds is 9. The largest absolute Gasteiger partial charge is 0.493 e. The summed E-state index contributed by atoms with van der Waals surface area (Å²) >= 11 is 1.38. The summed E-state index contributed by atoms with van der Waals surface area (Å²) in [6, 6.07) is 5.60. The summed E-state index contributed by atoms with van der Waals surface area (Å²) in [7, 11) is 3.16. The number of hydrogen-bond donors (Lipinski definition) is 1. The first-order chi connectivity index (χ1) is 13.6. The topological polar surface area (TPSA) is 73.9 Å². The minimum absolute atomic E-state index is 0.153. The van der Waals surface area contributed by atoms with Crippen molar-refractivity contribution in [3.8, 4) is 11.5 Å². The molecule has 0 aliphatic heterocycles. The third kappa shape index (κ3) is 4.47. The maximum Gasteiger partial charge on any atom is 0.341 e. The van der Waals surface area contributed by atoms with Gasteiger partial charge >= 0.3 is 5.97 Å². The van der Waals surface area contributed by atoms with Crippen LogP contribution in [0.3, 0.4) is 0 Å². The fourth-order valence-electron chi connectivity index (χ4n) is 3.16. The van der Waals surface area contributed by atoms with E-state index in [-0.39, 0.29) is 18.3 Å². The van der Waals surface area contributed by atoms with Crippen LogP contribution in [0.1, 0.15) is 53.6 Å². The summed E-state index contributed by atoms with van der Waals surface area (Å²) in [5, 5.41) is 5.43. The van der Waals surface area contributed by atoms with Gasteiger partial charge in [-0.05, 0) is 54.7 Å². The highest BCUT2D eigenvalue weighted by Gasteiger charge is 2.32. The predicted molar refractivity (Wildman–Crippen MR) is 109 cm³/mol. The molecule has 1 aliphatic carbocycles. The van der Waals surface area contributed by atoms with Crippen LogP contribution in [0.25, 0.3) is 0 Å². The molecule has 0 spiro atoms. The van der Waals surface area contributed by atoms with Gasteiger partial charge in [0.1, 0.15) is 5.00 Å². The number of ether oxygens (including phenoxy) is 3. The van der Waals surface area contributed by atoms with Crippen LogP contribution in [-0.2, 0) is 16.0 Å². The number of esters is 1. The lowest BCUT2D eigenvalue weighted by Crippen LogP contribution is -2.15. The monoisotopic (exact) mass is 403 g/mol. The molecule has 0 atom stereocenters. The maximum atomic E-state index is 12.5. The molecule has 1 aromatic heterocycles. The van der Waals surface area contributed by atoms with E-state index < -0.39 is 0 Å². The Kier molecular flexibility index (Phi) is 6.57. The van der Waals surface area contributed by atoms with Crippen LogP contribution in [0.5, 0.6) is 11.5 Å². The van der Waals surface area contributed by atoms with Crippen molar-refractivity contribution in [1.82, 2.24) is 0 Å². The summed E-state index contributed by atoms with van der Waals surface area (Å²) in [6.07, 6.45) is 2.92. The average Bonchev–Trinajstić information content (AvgIpc) is 3.46. The maximum absolute atomic E-state index is 12.5. The standard InChI is InChI=1S/C21H25NO5S/c1-4-27-21(24)18-15(13-8-9-13)12-28-20(18)22-17(23)11-10-14-6-5-7-16(25-2)19(14)26-3/h5-7,12-13H,4,8-11H2,1-3H3,(H,22,23). The van der Waals surface area contributed by atoms with E-state index in [2.05, 4.69) is 5.32 Å². The van der Waals surface area contributed by atoms with Gasteiger partial charge in [-0.1, -0.05) is 12.1 Å². The molecule has 1 aliphatic rings. The lowest BCUT2D eigenvalue weighted by Gasteiger charge is -2.12. The van der Waals surface area contributed by atoms with Crippen LogP contribution in [0.4, 0.5) is 5.00 Å². The van der Waals surface area contributed by atoms with E-state index in [0.717, 1.165) is 24.0 Å². The Bertz CT molecular complexity index is 856. The van der Waals surface area contributed by atoms with Crippen molar-refractivity contribution in [3.63, 3.8) is 0 Å². The number of amides is 1. The lowest BCUT2D eigenvalue weighted by atomic mass is 10.1. The highest BCUT2D eigenvalue weighted by atomic mass is 32.1. The third-order valence-electron chi connectivity index (χ3n) is 4.68. The van der Waals surface area contributed by atoms with Gasteiger partial charge in [0.2, 0.25) is 5.91 Å². The Hall–Kier alpha value is -2.54. The van der Waals surface area contributed by atoms with Crippen LogP contribution < -0.4 is 14.8 Å². The first-order valence-electron chi connectivity index (χ1n) is 9.37. The normalized spacial score (nSPS) is 13.1. The van der Waals surface area contributed by atoms with Crippen molar-refractivity contribution in [2.45, 2.75) is 38.5 Å². The first kappa shape index (κ1) is 20.2.